The summed E-state index contributed by atoms with van der Waals surface area (Å²) in [5, 5.41) is 8.79. The number of rotatable bonds is 6. The van der Waals surface area contributed by atoms with Gasteiger partial charge >= 0.3 is 0 Å². The minimum absolute atomic E-state index is 0.0422. The predicted octanol–water partition coefficient (Wildman–Crippen LogP) is 0.792. The number of hydrogen-bond donors (Lipinski definition) is 1. The lowest BCUT2D eigenvalue weighted by molar-refractivity contribution is 0.291. The maximum Gasteiger partial charge on any atom is 0.233 e. The molecule has 0 saturated heterocycles. The van der Waals surface area contributed by atoms with Crippen molar-refractivity contribution in [2.45, 2.75) is 19.8 Å². The van der Waals surface area contributed by atoms with Gasteiger partial charge in [-0.25, -0.2) is 13.4 Å². The lowest BCUT2D eigenvalue weighted by Gasteiger charge is -2.21. The minimum atomic E-state index is -3.36. The Morgan fingerprint density at radius 2 is 2.18 bits per heavy atom. The zero-order valence-electron chi connectivity index (χ0n) is 10.1. The van der Waals surface area contributed by atoms with Crippen LogP contribution in [0.5, 0.6) is 0 Å². The summed E-state index contributed by atoms with van der Waals surface area (Å²) in [4.78, 5) is 4.07. The Morgan fingerprint density at radius 1 is 1.47 bits per heavy atom. The number of hydrogen-bond acceptors (Lipinski definition) is 4. The normalized spacial score (nSPS) is 11.5. The molecule has 96 valence electrons. The molecule has 0 aliphatic heterocycles. The summed E-state index contributed by atoms with van der Waals surface area (Å²) >= 11 is 0. The fourth-order valence-corrected chi connectivity index (χ4v) is 2.38. The molecule has 0 fully saturated rings. The molecule has 0 aliphatic rings. The minimum Gasteiger partial charge on any atom is -0.396 e. The van der Waals surface area contributed by atoms with Crippen LogP contribution in [0.2, 0.25) is 0 Å². The van der Waals surface area contributed by atoms with Crippen molar-refractivity contribution < 1.29 is 13.5 Å². The number of sulfonamides is 1. The standard InChI is InChI=1S/C11H18N2O3S/c1-3-10-5-6-12-11(9-10)13(7-4-8-14)17(2,15)16/h5-6,9,14H,3-4,7-8H2,1-2H3. The zero-order chi connectivity index (χ0) is 12.9. The van der Waals surface area contributed by atoms with Crippen molar-refractivity contribution in [1.29, 1.82) is 0 Å². The largest absolute Gasteiger partial charge is 0.396 e. The van der Waals surface area contributed by atoms with Crippen molar-refractivity contribution in [3.05, 3.63) is 23.9 Å². The third-order valence-electron chi connectivity index (χ3n) is 2.39. The molecule has 5 nitrogen and oxygen atoms in total. The quantitative estimate of drug-likeness (QED) is 0.819. The summed E-state index contributed by atoms with van der Waals surface area (Å²) in [5.74, 6) is 0.417. The van der Waals surface area contributed by atoms with Gasteiger partial charge in [0.05, 0.1) is 6.26 Å². The molecule has 0 unspecified atom stereocenters. The van der Waals surface area contributed by atoms with Crippen molar-refractivity contribution in [3.8, 4) is 0 Å². The highest BCUT2D eigenvalue weighted by atomic mass is 32.2. The smallest absolute Gasteiger partial charge is 0.233 e. The Balaban J connectivity index is 3.04. The van der Waals surface area contributed by atoms with Crippen LogP contribution in [0.15, 0.2) is 18.3 Å². The highest BCUT2D eigenvalue weighted by molar-refractivity contribution is 7.92. The number of anilines is 1. The third-order valence-corrected chi connectivity index (χ3v) is 3.56. The van der Waals surface area contributed by atoms with Gasteiger partial charge in [0.15, 0.2) is 0 Å². The van der Waals surface area contributed by atoms with Gasteiger partial charge in [0, 0.05) is 19.3 Å². The van der Waals surface area contributed by atoms with E-state index in [0.29, 0.717) is 12.2 Å². The maximum atomic E-state index is 11.6. The molecule has 0 bridgehead atoms. The SMILES string of the molecule is CCc1ccnc(N(CCCO)S(C)(=O)=O)c1. The summed E-state index contributed by atoms with van der Waals surface area (Å²) in [6.07, 6.45) is 3.97. The Labute approximate surface area is 102 Å². The lowest BCUT2D eigenvalue weighted by atomic mass is 10.2. The van der Waals surface area contributed by atoms with Gasteiger partial charge in [0.25, 0.3) is 0 Å². The van der Waals surface area contributed by atoms with Gasteiger partial charge in [-0.15, -0.1) is 0 Å². The monoisotopic (exact) mass is 258 g/mol. The molecule has 0 saturated carbocycles. The number of aryl methyl sites for hydroxylation is 1. The summed E-state index contributed by atoms with van der Waals surface area (Å²) in [6, 6.07) is 3.62. The number of aliphatic hydroxyl groups excluding tert-OH is 1. The van der Waals surface area contributed by atoms with Gasteiger partial charge in [0.2, 0.25) is 10.0 Å². The van der Waals surface area contributed by atoms with Crippen LogP contribution in [-0.4, -0.2) is 37.9 Å². The average molecular weight is 258 g/mol. The molecular formula is C11H18N2O3S. The highest BCUT2D eigenvalue weighted by Crippen LogP contribution is 2.16. The van der Waals surface area contributed by atoms with Crippen LogP contribution in [0.4, 0.5) is 5.82 Å². The van der Waals surface area contributed by atoms with Crippen LogP contribution in [0.1, 0.15) is 18.9 Å². The van der Waals surface area contributed by atoms with Crippen LogP contribution in [0, 0.1) is 0 Å². The van der Waals surface area contributed by atoms with E-state index in [-0.39, 0.29) is 13.2 Å². The van der Waals surface area contributed by atoms with Gasteiger partial charge in [-0.3, -0.25) is 4.31 Å². The van der Waals surface area contributed by atoms with Gasteiger partial charge in [0.1, 0.15) is 5.82 Å². The topological polar surface area (TPSA) is 70.5 Å². The molecule has 17 heavy (non-hydrogen) atoms. The fourth-order valence-electron chi connectivity index (χ4n) is 1.48. The first-order valence-electron chi connectivity index (χ1n) is 5.52. The van der Waals surface area contributed by atoms with E-state index in [1.165, 1.54) is 4.31 Å². The molecular weight excluding hydrogens is 240 g/mol. The van der Waals surface area contributed by atoms with Gasteiger partial charge in [-0.1, -0.05) is 6.92 Å². The van der Waals surface area contributed by atoms with Gasteiger partial charge < -0.3 is 5.11 Å². The number of aromatic nitrogens is 1. The van der Waals surface area contributed by atoms with Crippen LogP contribution in [0.25, 0.3) is 0 Å². The molecule has 1 aromatic rings. The molecule has 0 spiro atoms. The lowest BCUT2D eigenvalue weighted by Crippen LogP contribution is -2.32. The van der Waals surface area contributed by atoms with E-state index in [4.69, 9.17) is 5.11 Å². The Hall–Kier alpha value is -1.14. The fraction of sp³-hybridized carbons (Fsp3) is 0.545. The predicted molar refractivity (Wildman–Crippen MR) is 67.5 cm³/mol. The molecule has 0 radical (unpaired) electrons. The second-order valence-corrected chi connectivity index (χ2v) is 5.69. The summed E-state index contributed by atoms with van der Waals surface area (Å²) in [7, 11) is -3.36. The number of aliphatic hydroxyl groups is 1. The third kappa shape index (κ3) is 3.98. The first-order valence-corrected chi connectivity index (χ1v) is 7.37. The first kappa shape index (κ1) is 13.9. The van der Waals surface area contributed by atoms with Crippen molar-refractivity contribution >= 4 is 15.8 Å². The van der Waals surface area contributed by atoms with Gasteiger partial charge in [-0.2, -0.15) is 0 Å². The van der Waals surface area contributed by atoms with E-state index in [1.54, 1.807) is 12.3 Å². The van der Waals surface area contributed by atoms with Crippen molar-refractivity contribution in [2.24, 2.45) is 0 Å². The molecule has 0 atom stereocenters. The molecule has 0 amide bonds. The number of nitrogens with zero attached hydrogens (tertiary/aromatic N) is 2. The molecule has 1 aromatic heterocycles. The van der Waals surface area contributed by atoms with E-state index in [1.807, 2.05) is 13.0 Å². The highest BCUT2D eigenvalue weighted by Gasteiger charge is 2.18. The first-order chi connectivity index (χ1) is 7.99. The molecule has 0 aliphatic carbocycles. The number of pyridine rings is 1. The molecule has 0 aromatic carbocycles. The average Bonchev–Trinajstić information content (AvgIpc) is 2.28. The second-order valence-electron chi connectivity index (χ2n) is 3.79. The summed E-state index contributed by atoms with van der Waals surface area (Å²) in [5.41, 5.74) is 1.03. The van der Waals surface area contributed by atoms with Crippen LogP contribution >= 0.6 is 0 Å². The Bertz CT molecular complexity index is 460. The van der Waals surface area contributed by atoms with Crippen molar-refractivity contribution in [1.82, 2.24) is 4.98 Å². The van der Waals surface area contributed by atoms with Crippen LogP contribution in [0.3, 0.4) is 0 Å². The zero-order valence-corrected chi connectivity index (χ0v) is 10.9. The van der Waals surface area contributed by atoms with E-state index < -0.39 is 10.0 Å². The Morgan fingerprint density at radius 3 is 2.71 bits per heavy atom. The molecule has 1 N–H and O–H groups in total. The molecule has 1 rings (SSSR count). The van der Waals surface area contributed by atoms with Crippen molar-refractivity contribution in [3.63, 3.8) is 0 Å². The van der Waals surface area contributed by atoms with Crippen LogP contribution < -0.4 is 4.31 Å². The van der Waals surface area contributed by atoms with E-state index in [2.05, 4.69) is 4.98 Å². The van der Waals surface area contributed by atoms with Crippen molar-refractivity contribution in [2.75, 3.05) is 23.7 Å². The van der Waals surface area contributed by atoms with Gasteiger partial charge in [-0.05, 0) is 30.5 Å². The molecule has 6 heteroatoms. The van der Waals surface area contributed by atoms with Crippen LogP contribution in [-0.2, 0) is 16.4 Å². The molecule has 1 heterocycles. The van der Waals surface area contributed by atoms with E-state index >= 15 is 0 Å². The van der Waals surface area contributed by atoms with E-state index in [0.717, 1.165) is 18.2 Å². The Kier molecular flexibility index (Phi) is 4.89. The maximum absolute atomic E-state index is 11.6. The second kappa shape index (κ2) is 5.97. The van der Waals surface area contributed by atoms with E-state index in [9.17, 15) is 8.42 Å². The summed E-state index contributed by atoms with van der Waals surface area (Å²) < 4.78 is 24.5. The summed E-state index contributed by atoms with van der Waals surface area (Å²) in [6.45, 7) is 2.20.